The van der Waals surface area contributed by atoms with Crippen molar-refractivity contribution in [2.75, 3.05) is 20.5 Å². The van der Waals surface area contributed by atoms with Crippen LogP contribution in [0.3, 0.4) is 0 Å². The molecule has 0 N–H and O–H groups in total. The van der Waals surface area contributed by atoms with Crippen LogP contribution < -0.4 is 9.47 Å². The Labute approximate surface area is 231 Å². The van der Waals surface area contributed by atoms with E-state index in [2.05, 4.69) is 52.6 Å². The summed E-state index contributed by atoms with van der Waals surface area (Å²) >= 11 is 0. The number of Topliss-reactive ketones (excluding diaryl/α,β-unsaturated/α-hetero) is 1. The Hall–Kier alpha value is -1.67. The second-order valence-corrected chi connectivity index (χ2v) is 18.5. The molecule has 1 aromatic carbocycles. The van der Waals surface area contributed by atoms with E-state index in [1.54, 1.807) is 7.11 Å². The molecule has 1 unspecified atom stereocenters. The molecule has 0 spiro atoms. The van der Waals surface area contributed by atoms with Crippen molar-refractivity contribution < 1.29 is 28.5 Å². The fourth-order valence-electron chi connectivity index (χ4n) is 5.21. The summed E-state index contributed by atoms with van der Waals surface area (Å²) in [4.78, 5) is 13.8. The Bertz CT molecular complexity index is 966. The van der Waals surface area contributed by atoms with Gasteiger partial charge < -0.3 is 23.7 Å². The van der Waals surface area contributed by atoms with Gasteiger partial charge in [-0.25, -0.2) is 0 Å². The van der Waals surface area contributed by atoms with Crippen LogP contribution in [0.1, 0.15) is 69.8 Å². The average molecular weight is 547 g/mol. The summed E-state index contributed by atoms with van der Waals surface area (Å²) in [7, 11) is 0.354. The molecule has 1 aliphatic carbocycles. The molecule has 0 bridgehead atoms. The van der Waals surface area contributed by atoms with Gasteiger partial charge in [-0.1, -0.05) is 52.6 Å². The fraction of sp³-hybridized carbons (Fsp3) is 0.710. The smallest absolute Gasteiger partial charge is 0.188 e. The number of hydrogen-bond acceptors (Lipinski definition) is 6. The van der Waals surface area contributed by atoms with Crippen LogP contribution in [0.25, 0.3) is 0 Å². The molecule has 1 heterocycles. The number of hydrogen-bond donors (Lipinski definition) is 0. The van der Waals surface area contributed by atoms with Crippen molar-refractivity contribution in [3.63, 3.8) is 0 Å². The Morgan fingerprint density at radius 1 is 1.03 bits per heavy atom. The third-order valence-corrected chi connectivity index (χ3v) is 9.39. The van der Waals surface area contributed by atoms with E-state index < -0.39 is 13.9 Å². The maximum atomic E-state index is 13.8. The molecule has 214 valence electrons. The lowest BCUT2D eigenvalue weighted by molar-refractivity contribution is -0.149. The minimum absolute atomic E-state index is 0.000129. The molecular formula is C31H50O6Si. The first kappa shape index (κ1) is 30.9. The minimum atomic E-state index is -1.24. The number of carbonyl (C=O) groups is 1. The fourth-order valence-corrected chi connectivity index (χ4v) is 5.92. The van der Waals surface area contributed by atoms with E-state index in [9.17, 15) is 4.79 Å². The number of fused-ring (bicyclic) bond motifs is 2. The summed E-state index contributed by atoms with van der Waals surface area (Å²) in [5.41, 5.74) is 1.63. The quantitative estimate of drug-likeness (QED) is 0.203. The lowest BCUT2D eigenvalue weighted by Gasteiger charge is -2.24. The zero-order valence-electron chi connectivity index (χ0n) is 25.1. The van der Waals surface area contributed by atoms with Crippen LogP contribution >= 0.6 is 0 Å². The Morgan fingerprint density at radius 2 is 1.74 bits per heavy atom. The highest BCUT2D eigenvalue weighted by molar-refractivity contribution is 6.76. The summed E-state index contributed by atoms with van der Waals surface area (Å²) in [6.07, 6.45) is 7.38. The van der Waals surface area contributed by atoms with Gasteiger partial charge in [0.1, 0.15) is 11.5 Å². The molecule has 7 heteroatoms. The molecule has 6 nitrogen and oxygen atoms in total. The number of allylic oxidation sites excluding steroid dienone is 1. The molecule has 1 aromatic rings. The zero-order chi connectivity index (χ0) is 28.1. The molecule has 0 radical (unpaired) electrons. The monoisotopic (exact) mass is 546 g/mol. The largest absolute Gasteiger partial charge is 0.494 e. The predicted octanol–water partition coefficient (Wildman–Crippen LogP) is 7.28. The van der Waals surface area contributed by atoms with Gasteiger partial charge in [-0.3, -0.25) is 4.79 Å². The van der Waals surface area contributed by atoms with Crippen molar-refractivity contribution >= 4 is 13.9 Å². The van der Waals surface area contributed by atoms with Crippen LogP contribution in [0.5, 0.6) is 11.5 Å². The van der Waals surface area contributed by atoms with E-state index in [1.165, 1.54) is 0 Å². The maximum absolute atomic E-state index is 13.8. The second-order valence-electron chi connectivity index (χ2n) is 12.9. The SMILES string of the molecule is COCOc1cc(OCC[Si](C)(C)C)cc2c1C(=O)C[C@@H](C)[C@H](C)/C=C\C(C)[C@H]1OC(C)(C)O[C@H]1CCC2. The first-order chi connectivity index (χ1) is 17.8. The van der Waals surface area contributed by atoms with E-state index >= 15 is 0 Å². The van der Waals surface area contributed by atoms with E-state index in [4.69, 9.17) is 23.7 Å². The molecule has 38 heavy (non-hydrogen) atoms. The molecular weight excluding hydrogens is 496 g/mol. The zero-order valence-corrected chi connectivity index (χ0v) is 26.1. The Kier molecular flexibility index (Phi) is 10.7. The number of ether oxygens (including phenoxy) is 5. The molecule has 1 saturated heterocycles. The van der Waals surface area contributed by atoms with Crippen molar-refractivity contribution in [1.29, 1.82) is 0 Å². The highest BCUT2D eigenvalue weighted by atomic mass is 28.3. The van der Waals surface area contributed by atoms with Crippen LogP contribution in [0.4, 0.5) is 0 Å². The third kappa shape index (κ3) is 8.67. The Balaban J connectivity index is 1.97. The van der Waals surface area contributed by atoms with E-state index in [0.29, 0.717) is 24.3 Å². The lowest BCUT2D eigenvalue weighted by Crippen LogP contribution is -2.29. The van der Waals surface area contributed by atoms with Gasteiger partial charge in [0.15, 0.2) is 18.4 Å². The van der Waals surface area contributed by atoms with Crippen molar-refractivity contribution in [3.05, 3.63) is 35.4 Å². The van der Waals surface area contributed by atoms with Crippen LogP contribution in [-0.4, -0.2) is 52.4 Å². The van der Waals surface area contributed by atoms with Crippen molar-refractivity contribution in [2.24, 2.45) is 17.8 Å². The van der Waals surface area contributed by atoms with E-state index in [1.807, 2.05) is 26.0 Å². The minimum Gasteiger partial charge on any atom is -0.494 e. The Morgan fingerprint density at radius 3 is 2.42 bits per heavy atom. The van der Waals surface area contributed by atoms with E-state index in [0.717, 1.165) is 36.6 Å². The number of aryl methyl sites for hydroxylation is 1. The average Bonchev–Trinajstić information content (AvgIpc) is 3.13. The van der Waals surface area contributed by atoms with Crippen LogP contribution in [0.2, 0.25) is 25.7 Å². The van der Waals surface area contributed by atoms with Crippen LogP contribution in [-0.2, 0) is 20.6 Å². The summed E-state index contributed by atoms with van der Waals surface area (Å²) in [6, 6.07) is 4.98. The highest BCUT2D eigenvalue weighted by Crippen LogP contribution is 2.37. The number of ketones is 1. The van der Waals surface area contributed by atoms with Gasteiger partial charge in [-0.15, -0.1) is 0 Å². The molecule has 0 saturated carbocycles. The van der Waals surface area contributed by atoms with Crippen molar-refractivity contribution in [1.82, 2.24) is 0 Å². The van der Waals surface area contributed by atoms with Gasteiger partial charge in [0, 0.05) is 33.6 Å². The van der Waals surface area contributed by atoms with Crippen molar-refractivity contribution in [3.8, 4) is 11.5 Å². The number of carbonyl (C=O) groups excluding carboxylic acids is 1. The van der Waals surface area contributed by atoms with Gasteiger partial charge in [-0.05, 0) is 62.6 Å². The lowest BCUT2D eigenvalue weighted by atomic mass is 9.85. The molecule has 1 fully saturated rings. The molecule has 0 amide bonds. The summed E-state index contributed by atoms with van der Waals surface area (Å²) in [5.74, 6) is 1.45. The predicted molar refractivity (Wildman–Crippen MR) is 155 cm³/mol. The maximum Gasteiger partial charge on any atom is 0.188 e. The molecule has 3 rings (SSSR count). The molecule has 0 aromatic heterocycles. The van der Waals surface area contributed by atoms with Gasteiger partial charge in [0.05, 0.1) is 24.4 Å². The first-order valence-corrected chi connectivity index (χ1v) is 18.0. The van der Waals surface area contributed by atoms with Gasteiger partial charge in [0.2, 0.25) is 0 Å². The second kappa shape index (κ2) is 13.1. The normalized spacial score (nSPS) is 29.2. The van der Waals surface area contributed by atoms with Gasteiger partial charge in [0.25, 0.3) is 0 Å². The molecule has 5 atom stereocenters. The van der Waals surface area contributed by atoms with Crippen LogP contribution in [0, 0.1) is 17.8 Å². The summed E-state index contributed by atoms with van der Waals surface area (Å²) in [6.45, 7) is 18.3. The summed E-state index contributed by atoms with van der Waals surface area (Å²) in [5, 5.41) is 0. The topological polar surface area (TPSA) is 63.2 Å². The number of methoxy groups -OCH3 is 1. The number of benzene rings is 1. The van der Waals surface area contributed by atoms with Crippen LogP contribution in [0.15, 0.2) is 24.3 Å². The third-order valence-electron chi connectivity index (χ3n) is 7.69. The molecule has 1 aliphatic heterocycles. The number of rotatable bonds is 7. The summed E-state index contributed by atoms with van der Waals surface area (Å²) < 4.78 is 30.1. The van der Waals surface area contributed by atoms with Gasteiger partial charge >= 0.3 is 0 Å². The highest BCUT2D eigenvalue weighted by Gasteiger charge is 2.42. The van der Waals surface area contributed by atoms with Crippen molar-refractivity contribution in [2.45, 2.75) is 104 Å². The standard InChI is InChI=1S/C31H50O6Si/c1-21-13-14-22(2)30-27(36-31(4,5)37-30)12-10-11-24-18-25(34-15-16-38(7,8)9)19-28(35-20-33-6)29(24)26(32)17-23(21)3/h13-14,18-19,21-23,27,30H,10-12,15-17,20H2,1-9H3/b14-13-/t21-,22?,23-,27+,30-/m1/s1. The van der Waals surface area contributed by atoms with E-state index in [-0.39, 0.29) is 42.5 Å². The van der Waals surface area contributed by atoms with Gasteiger partial charge in [-0.2, -0.15) is 0 Å². The molecule has 2 aliphatic rings. The first-order valence-electron chi connectivity index (χ1n) is 14.3.